The van der Waals surface area contributed by atoms with Crippen LogP contribution in [0.1, 0.15) is 6.42 Å². The third kappa shape index (κ3) is 5.47. The van der Waals surface area contributed by atoms with Gasteiger partial charge in [0.1, 0.15) is 0 Å². The predicted molar refractivity (Wildman–Crippen MR) is 144 cm³/mol. The minimum absolute atomic E-state index is 0.557. The number of piperazine rings is 1. The number of furan rings is 1. The van der Waals surface area contributed by atoms with E-state index in [-0.39, 0.29) is 0 Å². The molecule has 0 spiro atoms. The second kappa shape index (κ2) is 11.1. The van der Waals surface area contributed by atoms with Crippen molar-refractivity contribution < 1.29 is 13.9 Å². The van der Waals surface area contributed by atoms with E-state index in [2.05, 4.69) is 42.7 Å². The second-order valence-electron chi connectivity index (χ2n) is 8.53. The van der Waals surface area contributed by atoms with Gasteiger partial charge in [0.15, 0.2) is 0 Å². The Morgan fingerprint density at radius 2 is 1.94 bits per heavy atom. The maximum atomic E-state index is 6.59. The van der Waals surface area contributed by atoms with Crippen molar-refractivity contribution in [1.82, 2.24) is 19.8 Å². The monoisotopic (exact) mass is 619 g/mol. The summed E-state index contributed by atoms with van der Waals surface area (Å²) < 4.78 is 20.5. The van der Waals surface area contributed by atoms with Gasteiger partial charge < -0.3 is 4.90 Å². The van der Waals surface area contributed by atoms with E-state index in [1.165, 1.54) is 0 Å². The Hall–Kier alpha value is -1.83. The van der Waals surface area contributed by atoms with Gasteiger partial charge in [0.2, 0.25) is 0 Å². The van der Waals surface area contributed by atoms with Crippen LogP contribution in [-0.2, 0) is 0 Å². The van der Waals surface area contributed by atoms with E-state index in [9.17, 15) is 0 Å². The standard InChI is InChI=1S/C25H26AsBrClN4O3/c1-31-7-9-32(10-8-31)6-3-11-34-22-13-20-17(12-21(22)33-2)25(30-15-29-20)26-23-19(28)5-4-16-18(27)14-35-24(16)23/h4-5,12-15H,3,6-11H2,1-2H3. The first-order valence-electron chi connectivity index (χ1n) is 11.5. The molecule has 0 saturated carbocycles. The zero-order valence-electron chi connectivity index (χ0n) is 19.6. The van der Waals surface area contributed by atoms with Gasteiger partial charge in [0.05, 0.1) is 0 Å². The Kier molecular flexibility index (Phi) is 7.85. The van der Waals surface area contributed by atoms with Crippen LogP contribution in [-0.4, -0.2) is 89.0 Å². The average Bonchev–Trinajstić information content (AvgIpc) is 3.25. The van der Waals surface area contributed by atoms with Crippen LogP contribution >= 0.6 is 27.5 Å². The number of benzene rings is 2. The quantitative estimate of drug-likeness (QED) is 0.221. The van der Waals surface area contributed by atoms with E-state index >= 15 is 0 Å². The average molecular weight is 621 g/mol. The van der Waals surface area contributed by atoms with E-state index in [1.807, 2.05) is 24.3 Å². The van der Waals surface area contributed by atoms with Crippen LogP contribution < -0.4 is 18.3 Å². The van der Waals surface area contributed by atoms with Crippen molar-refractivity contribution >= 4 is 74.0 Å². The number of fused-ring (bicyclic) bond motifs is 2. The molecule has 0 N–H and O–H groups in total. The summed E-state index contributed by atoms with van der Waals surface area (Å²) in [6.07, 6.45) is 4.26. The van der Waals surface area contributed by atoms with Gasteiger partial charge in [0, 0.05) is 0 Å². The van der Waals surface area contributed by atoms with E-state index in [4.69, 9.17) is 25.5 Å². The SMILES string of the molecule is COc1cc2c([As]c3c(Cl)ccc4c(Br)coc34)ncnc2cc1OCCCN1CCN(C)CC1. The van der Waals surface area contributed by atoms with Crippen molar-refractivity contribution in [2.75, 3.05) is 53.5 Å². The molecule has 0 unspecified atom stereocenters. The van der Waals surface area contributed by atoms with Gasteiger partial charge in [-0.25, -0.2) is 0 Å². The molecule has 0 atom stereocenters. The third-order valence-corrected chi connectivity index (χ3v) is 10.0. The fraction of sp³-hybridized carbons (Fsp3) is 0.360. The van der Waals surface area contributed by atoms with Crippen LogP contribution in [0.5, 0.6) is 11.5 Å². The molecule has 0 aliphatic carbocycles. The van der Waals surface area contributed by atoms with Crippen molar-refractivity contribution in [2.45, 2.75) is 6.42 Å². The van der Waals surface area contributed by atoms with Gasteiger partial charge in [-0.3, -0.25) is 0 Å². The van der Waals surface area contributed by atoms with Gasteiger partial charge in [-0.05, 0) is 7.05 Å². The van der Waals surface area contributed by atoms with Gasteiger partial charge in [-0.1, -0.05) is 0 Å². The molecule has 2 aromatic heterocycles. The molecule has 35 heavy (non-hydrogen) atoms. The van der Waals surface area contributed by atoms with Crippen molar-refractivity contribution in [3.63, 3.8) is 0 Å². The van der Waals surface area contributed by atoms with Gasteiger partial charge in [0.25, 0.3) is 0 Å². The van der Waals surface area contributed by atoms with Crippen LogP contribution in [0.15, 0.2) is 45.7 Å². The molecule has 4 aromatic rings. The maximum absolute atomic E-state index is 6.59. The fourth-order valence-corrected chi connectivity index (χ4v) is 7.23. The molecular formula is C25H26AsBrClN4O3. The molecule has 1 aliphatic heterocycles. The van der Waals surface area contributed by atoms with Crippen LogP contribution in [0.25, 0.3) is 21.9 Å². The number of aromatic nitrogens is 2. The molecule has 0 amide bonds. The van der Waals surface area contributed by atoms with Gasteiger partial charge in [-0.2, -0.15) is 0 Å². The van der Waals surface area contributed by atoms with E-state index in [0.717, 1.165) is 74.3 Å². The second-order valence-corrected chi connectivity index (χ2v) is 12.1. The summed E-state index contributed by atoms with van der Waals surface area (Å²) >= 11 is 9.57. The molecule has 1 fully saturated rings. The third-order valence-electron chi connectivity index (χ3n) is 6.21. The van der Waals surface area contributed by atoms with Crippen molar-refractivity contribution in [1.29, 1.82) is 0 Å². The summed E-state index contributed by atoms with van der Waals surface area (Å²) in [6.45, 7) is 6.15. The molecule has 2 aromatic carbocycles. The Bertz CT molecular complexity index is 1340. The van der Waals surface area contributed by atoms with E-state index < -0.39 is 15.8 Å². The van der Waals surface area contributed by atoms with Crippen molar-refractivity contribution in [2.24, 2.45) is 0 Å². The molecule has 183 valence electrons. The number of likely N-dealkylation sites (N-methyl/N-ethyl adjacent to an activating group) is 1. The van der Waals surface area contributed by atoms with Crippen LogP contribution in [0.3, 0.4) is 0 Å². The molecule has 7 nitrogen and oxygen atoms in total. The zero-order valence-corrected chi connectivity index (χ0v) is 23.8. The minimum atomic E-state index is -0.557. The number of halogens is 2. The van der Waals surface area contributed by atoms with Crippen LogP contribution in [0, 0.1) is 0 Å². The van der Waals surface area contributed by atoms with Crippen molar-refractivity contribution in [3.05, 3.63) is 46.4 Å². The number of hydrogen-bond acceptors (Lipinski definition) is 7. The molecule has 3 heterocycles. The summed E-state index contributed by atoms with van der Waals surface area (Å²) in [7, 11) is 3.83. The first-order chi connectivity index (χ1) is 17.0. The van der Waals surface area contributed by atoms with Gasteiger partial charge in [-0.15, -0.1) is 0 Å². The number of nitrogens with zero attached hydrogens (tertiary/aromatic N) is 4. The Morgan fingerprint density at radius 1 is 1.11 bits per heavy atom. The normalized spacial score (nSPS) is 15.5. The number of methoxy groups -OCH3 is 1. The van der Waals surface area contributed by atoms with E-state index in [1.54, 1.807) is 19.7 Å². The summed E-state index contributed by atoms with van der Waals surface area (Å²) in [5.41, 5.74) is 1.62. The Labute approximate surface area is 224 Å². The molecule has 5 rings (SSSR count). The molecular weight excluding hydrogens is 595 g/mol. The zero-order chi connectivity index (χ0) is 24.4. The number of hydrogen-bond donors (Lipinski definition) is 0. The molecule has 1 aliphatic rings. The van der Waals surface area contributed by atoms with Crippen molar-refractivity contribution in [3.8, 4) is 11.5 Å². The molecule has 0 bridgehead atoms. The van der Waals surface area contributed by atoms with E-state index in [0.29, 0.717) is 23.1 Å². The first kappa shape index (κ1) is 24.8. The summed E-state index contributed by atoms with van der Waals surface area (Å²) in [6, 6.07) is 7.79. The molecule has 1 radical (unpaired) electrons. The van der Waals surface area contributed by atoms with Crippen LogP contribution in [0.4, 0.5) is 0 Å². The first-order valence-corrected chi connectivity index (χ1v) is 14.5. The molecule has 1 saturated heterocycles. The topological polar surface area (TPSA) is 63.9 Å². The molecule has 10 heteroatoms. The predicted octanol–water partition coefficient (Wildman–Crippen LogP) is 3.47. The summed E-state index contributed by atoms with van der Waals surface area (Å²) in [4.78, 5) is 14.0. The summed E-state index contributed by atoms with van der Waals surface area (Å²) in [5.74, 6) is 1.38. The summed E-state index contributed by atoms with van der Waals surface area (Å²) in [5, 5.41) is 2.62. The fourth-order valence-electron chi connectivity index (χ4n) is 4.19. The number of ether oxygens (including phenoxy) is 2. The van der Waals surface area contributed by atoms with Gasteiger partial charge >= 0.3 is 213 Å². The Balaban J connectivity index is 1.35. The Morgan fingerprint density at radius 3 is 2.74 bits per heavy atom. The van der Waals surface area contributed by atoms with Crippen LogP contribution in [0.2, 0.25) is 5.02 Å². The number of rotatable bonds is 8.